The first-order chi connectivity index (χ1) is 9.76. The Morgan fingerprint density at radius 2 is 2.14 bits per heavy atom. The molecule has 1 N–H and O–H groups in total. The van der Waals surface area contributed by atoms with Crippen LogP contribution in [0, 0.1) is 11.8 Å². The molecule has 3 nitrogen and oxygen atoms in total. The highest BCUT2D eigenvalue weighted by atomic mass is 35.5. The average molecular weight is 310 g/mol. The molecule has 1 atom stereocenters. The van der Waals surface area contributed by atoms with Gasteiger partial charge in [-0.3, -0.25) is 0 Å². The van der Waals surface area contributed by atoms with Gasteiger partial charge in [0.05, 0.1) is 5.02 Å². The Hall–Kier alpha value is -0.800. The molecule has 118 valence electrons. The van der Waals surface area contributed by atoms with Crippen molar-refractivity contribution in [2.75, 3.05) is 18.0 Å². The molecule has 1 aromatic heterocycles. The quantitative estimate of drug-likeness (QED) is 0.907. The maximum Gasteiger partial charge on any atom is 0.147 e. The van der Waals surface area contributed by atoms with Crippen molar-refractivity contribution < 1.29 is 0 Å². The second-order valence-electron chi connectivity index (χ2n) is 7.49. The van der Waals surface area contributed by atoms with Crippen LogP contribution in [0.3, 0.4) is 0 Å². The lowest BCUT2D eigenvalue weighted by Crippen LogP contribution is -2.35. The summed E-state index contributed by atoms with van der Waals surface area (Å²) in [5.74, 6) is 2.42. The number of hydrogen-bond acceptors (Lipinski definition) is 3. The SMILES string of the molecule is CC(C)C1CCN(c2ncc(CNC(C)(C)C)cc2Cl)C1. The number of rotatable bonds is 4. The molecule has 1 aliphatic heterocycles. The molecule has 1 unspecified atom stereocenters. The Labute approximate surface area is 134 Å². The van der Waals surface area contributed by atoms with Gasteiger partial charge in [0.2, 0.25) is 0 Å². The molecular formula is C17H28ClN3. The van der Waals surface area contributed by atoms with Gasteiger partial charge in [-0.1, -0.05) is 25.4 Å². The fourth-order valence-corrected chi connectivity index (χ4v) is 3.00. The molecule has 0 saturated carbocycles. The lowest BCUT2D eigenvalue weighted by molar-refractivity contribution is 0.422. The first-order valence-corrected chi connectivity index (χ1v) is 8.28. The Morgan fingerprint density at radius 3 is 2.67 bits per heavy atom. The zero-order valence-corrected chi connectivity index (χ0v) is 14.7. The molecule has 1 aromatic rings. The Balaban J connectivity index is 2.03. The van der Waals surface area contributed by atoms with Crippen LogP contribution in [0.1, 0.15) is 46.6 Å². The minimum absolute atomic E-state index is 0.102. The molecule has 2 rings (SSSR count). The summed E-state index contributed by atoms with van der Waals surface area (Å²) in [7, 11) is 0. The number of pyridine rings is 1. The van der Waals surface area contributed by atoms with Gasteiger partial charge in [0.15, 0.2) is 0 Å². The lowest BCUT2D eigenvalue weighted by atomic mass is 9.95. The van der Waals surface area contributed by atoms with Crippen LogP contribution >= 0.6 is 11.6 Å². The highest BCUT2D eigenvalue weighted by Gasteiger charge is 2.26. The highest BCUT2D eigenvalue weighted by Crippen LogP contribution is 2.31. The molecule has 1 fully saturated rings. The molecule has 0 bridgehead atoms. The second kappa shape index (κ2) is 6.53. The van der Waals surface area contributed by atoms with Gasteiger partial charge in [-0.2, -0.15) is 0 Å². The summed E-state index contributed by atoms with van der Waals surface area (Å²) in [4.78, 5) is 6.94. The third kappa shape index (κ3) is 4.58. The van der Waals surface area contributed by atoms with Gasteiger partial charge in [0.1, 0.15) is 5.82 Å². The first-order valence-electron chi connectivity index (χ1n) is 7.90. The second-order valence-corrected chi connectivity index (χ2v) is 7.90. The van der Waals surface area contributed by atoms with Gasteiger partial charge in [-0.15, -0.1) is 0 Å². The van der Waals surface area contributed by atoms with Crippen molar-refractivity contribution in [1.82, 2.24) is 10.3 Å². The zero-order valence-electron chi connectivity index (χ0n) is 13.9. The van der Waals surface area contributed by atoms with Crippen molar-refractivity contribution in [1.29, 1.82) is 0 Å². The molecule has 0 aromatic carbocycles. The van der Waals surface area contributed by atoms with Crippen LogP contribution in [-0.2, 0) is 6.54 Å². The topological polar surface area (TPSA) is 28.2 Å². The molecule has 0 radical (unpaired) electrons. The standard InChI is InChI=1S/C17H28ClN3/c1-12(2)14-6-7-21(11-14)16-15(18)8-13(9-19-16)10-20-17(3,4)5/h8-9,12,14,20H,6-7,10-11H2,1-5H3. The highest BCUT2D eigenvalue weighted by molar-refractivity contribution is 6.33. The molecule has 0 spiro atoms. The van der Waals surface area contributed by atoms with E-state index in [0.717, 1.165) is 47.9 Å². The van der Waals surface area contributed by atoms with Crippen LogP contribution in [0.4, 0.5) is 5.82 Å². The van der Waals surface area contributed by atoms with Crippen molar-refractivity contribution in [3.05, 3.63) is 22.8 Å². The van der Waals surface area contributed by atoms with Crippen molar-refractivity contribution >= 4 is 17.4 Å². The molecule has 2 heterocycles. The van der Waals surface area contributed by atoms with E-state index in [1.807, 2.05) is 12.3 Å². The predicted octanol–water partition coefficient (Wildman–Crippen LogP) is 4.11. The minimum atomic E-state index is 0.102. The molecular weight excluding hydrogens is 282 g/mol. The largest absolute Gasteiger partial charge is 0.355 e. The number of nitrogens with one attached hydrogen (secondary N) is 1. The van der Waals surface area contributed by atoms with Crippen molar-refractivity contribution in [2.45, 2.75) is 53.1 Å². The maximum atomic E-state index is 6.45. The molecule has 0 amide bonds. The summed E-state index contributed by atoms with van der Waals surface area (Å²) in [6, 6.07) is 2.05. The van der Waals surface area contributed by atoms with Crippen LogP contribution in [0.15, 0.2) is 12.3 Å². The summed E-state index contributed by atoms with van der Waals surface area (Å²) in [5.41, 5.74) is 1.24. The molecule has 1 saturated heterocycles. The normalized spacial score (nSPS) is 19.6. The Bertz CT molecular complexity index is 479. The third-order valence-corrected chi connectivity index (χ3v) is 4.45. The molecule has 21 heavy (non-hydrogen) atoms. The third-order valence-electron chi connectivity index (χ3n) is 4.17. The number of aromatic nitrogens is 1. The van der Waals surface area contributed by atoms with Crippen molar-refractivity contribution in [3.8, 4) is 0 Å². The summed E-state index contributed by atoms with van der Waals surface area (Å²) >= 11 is 6.45. The fourth-order valence-electron chi connectivity index (χ4n) is 2.69. The van der Waals surface area contributed by atoms with Crippen molar-refractivity contribution in [2.24, 2.45) is 11.8 Å². The monoisotopic (exact) mass is 309 g/mol. The Kier molecular flexibility index (Phi) is 5.15. The van der Waals surface area contributed by atoms with E-state index in [2.05, 4.69) is 49.8 Å². The molecule has 4 heteroatoms. The summed E-state index contributed by atoms with van der Waals surface area (Å²) in [5, 5.41) is 4.24. The first kappa shape index (κ1) is 16.6. The van der Waals surface area contributed by atoms with E-state index < -0.39 is 0 Å². The number of anilines is 1. The van der Waals surface area contributed by atoms with E-state index in [9.17, 15) is 0 Å². The van der Waals surface area contributed by atoms with Crippen LogP contribution in [0.5, 0.6) is 0 Å². The predicted molar refractivity (Wildman–Crippen MR) is 91.0 cm³/mol. The maximum absolute atomic E-state index is 6.45. The van der Waals surface area contributed by atoms with E-state index in [0.29, 0.717) is 0 Å². The number of nitrogens with zero attached hydrogens (tertiary/aromatic N) is 2. The average Bonchev–Trinajstić information content (AvgIpc) is 2.85. The Morgan fingerprint density at radius 1 is 1.43 bits per heavy atom. The van der Waals surface area contributed by atoms with Gasteiger partial charge in [-0.05, 0) is 50.7 Å². The van der Waals surface area contributed by atoms with Gasteiger partial charge in [-0.25, -0.2) is 4.98 Å². The molecule has 1 aliphatic rings. The van der Waals surface area contributed by atoms with E-state index in [-0.39, 0.29) is 5.54 Å². The van der Waals surface area contributed by atoms with Gasteiger partial charge in [0.25, 0.3) is 0 Å². The van der Waals surface area contributed by atoms with Gasteiger partial charge in [0, 0.05) is 31.4 Å². The summed E-state index contributed by atoms with van der Waals surface area (Å²) in [6.07, 6.45) is 3.19. The number of hydrogen-bond donors (Lipinski definition) is 1. The molecule has 0 aliphatic carbocycles. The zero-order chi connectivity index (χ0) is 15.6. The van der Waals surface area contributed by atoms with Gasteiger partial charge >= 0.3 is 0 Å². The van der Waals surface area contributed by atoms with E-state index in [1.165, 1.54) is 6.42 Å². The summed E-state index contributed by atoms with van der Waals surface area (Å²) < 4.78 is 0. The van der Waals surface area contributed by atoms with E-state index >= 15 is 0 Å². The smallest absolute Gasteiger partial charge is 0.147 e. The number of halogens is 1. The van der Waals surface area contributed by atoms with Gasteiger partial charge < -0.3 is 10.2 Å². The van der Waals surface area contributed by atoms with Crippen molar-refractivity contribution in [3.63, 3.8) is 0 Å². The summed E-state index contributed by atoms with van der Waals surface area (Å²) in [6.45, 7) is 14.0. The van der Waals surface area contributed by atoms with Crippen LogP contribution in [-0.4, -0.2) is 23.6 Å². The fraction of sp³-hybridized carbons (Fsp3) is 0.706. The van der Waals surface area contributed by atoms with Crippen LogP contribution in [0.25, 0.3) is 0 Å². The van der Waals surface area contributed by atoms with Crippen LogP contribution in [0.2, 0.25) is 5.02 Å². The minimum Gasteiger partial charge on any atom is -0.355 e. The van der Waals surface area contributed by atoms with Crippen LogP contribution < -0.4 is 10.2 Å². The van der Waals surface area contributed by atoms with E-state index in [4.69, 9.17) is 11.6 Å². The van der Waals surface area contributed by atoms with E-state index in [1.54, 1.807) is 0 Å². The lowest BCUT2D eigenvalue weighted by Gasteiger charge is -2.22.